The number of esters is 1. The van der Waals surface area contributed by atoms with E-state index in [4.69, 9.17) is 4.74 Å². The fraction of sp³-hybridized carbons (Fsp3) is 0.429. The molecule has 0 aromatic heterocycles. The van der Waals surface area contributed by atoms with Gasteiger partial charge in [0.1, 0.15) is 12.1 Å². The highest BCUT2D eigenvalue weighted by atomic mass is 32.1. The van der Waals surface area contributed by atoms with Crippen LogP contribution in [0.15, 0.2) is 29.3 Å². The van der Waals surface area contributed by atoms with Crippen molar-refractivity contribution in [2.75, 3.05) is 18.5 Å². The average molecular weight is 278 g/mol. The van der Waals surface area contributed by atoms with Crippen LogP contribution in [0.4, 0.5) is 11.4 Å². The molecule has 0 amide bonds. The minimum absolute atomic E-state index is 0.201. The maximum absolute atomic E-state index is 11.7. The summed E-state index contributed by atoms with van der Waals surface area (Å²) in [4.78, 5) is 17.4. The molecule has 0 aliphatic rings. The molecule has 0 aliphatic heterocycles. The van der Waals surface area contributed by atoms with E-state index in [1.165, 1.54) is 0 Å². The number of nitrogens with zero attached hydrogens (tertiary/aromatic N) is 2. The molecule has 102 valence electrons. The summed E-state index contributed by atoms with van der Waals surface area (Å²) in [6.45, 7) is 5.75. The number of benzene rings is 1. The largest absolute Gasteiger partial charge is 0.459 e. The van der Waals surface area contributed by atoms with E-state index in [1.54, 1.807) is 0 Å². The van der Waals surface area contributed by atoms with Crippen LogP contribution in [-0.2, 0) is 9.53 Å². The van der Waals surface area contributed by atoms with E-state index in [0.717, 1.165) is 11.4 Å². The van der Waals surface area contributed by atoms with Crippen molar-refractivity contribution in [1.29, 1.82) is 0 Å². The summed E-state index contributed by atoms with van der Waals surface area (Å²) in [5, 5.41) is 2.31. The van der Waals surface area contributed by atoms with Gasteiger partial charge in [-0.3, -0.25) is 4.79 Å². The summed E-state index contributed by atoms with van der Waals surface area (Å²) in [5.74, 6) is -0.254. The average Bonchev–Trinajstić information content (AvgIpc) is 2.27. The van der Waals surface area contributed by atoms with Gasteiger partial charge in [-0.05, 0) is 57.3 Å². The number of ether oxygens (including phenoxy) is 1. The van der Waals surface area contributed by atoms with Gasteiger partial charge in [0.15, 0.2) is 0 Å². The maximum Gasteiger partial charge on any atom is 0.326 e. The predicted octanol–water partition coefficient (Wildman–Crippen LogP) is 3.20. The zero-order valence-electron chi connectivity index (χ0n) is 11.6. The Bertz CT molecular complexity index is 485. The Morgan fingerprint density at radius 2 is 1.95 bits per heavy atom. The monoisotopic (exact) mass is 278 g/mol. The van der Waals surface area contributed by atoms with Crippen LogP contribution < -0.4 is 4.90 Å². The van der Waals surface area contributed by atoms with Gasteiger partial charge in [0, 0.05) is 12.7 Å². The van der Waals surface area contributed by atoms with Gasteiger partial charge in [0.05, 0.1) is 10.8 Å². The first-order chi connectivity index (χ1) is 8.81. The highest BCUT2D eigenvalue weighted by molar-refractivity contribution is 7.78. The normalized spacial score (nSPS) is 10.5. The smallest absolute Gasteiger partial charge is 0.326 e. The number of carbonyl (C=O) groups excluding carboxylic acids is 1. The molecule has 0 saturated carbocycles. The summed E-state index contributed by atoms with van der Waals surface area (Å²) >= 11 is 4.54. The highest BCUT2D eigenvalue weighted by Gasteiger charge is 2.17. The van der Waals surface area contributed by atoms with Crippen LogP contribution in [0.2, 0.25) is 0 Å². The lowest BCUT2D eigenvalue weighted by Gasteiger charge is -2.23. The molecule has 4 nitrogen and oxygen atoms in total. The first-order valence-corrected chi connectivity index (χ1v) is 6.33. The van der Waals surface area contributed by atoms with Crippen molar-refractivity contribution in [3.63, 3.8) is 0 Å². The number of carbonyl (C=O) groups is 1. The van der Waals surface area contributed by atoms with E-state index < -0.39 is 5.60 Å². The lowest BCUT2D eigenvalue weighted by Crippen LogP contribution is -2.32. The number of isothiocyanates is 1. The fourth-order valence-corrected chi connectivity index (χ4v) is 1.60. The SMILES string of the molecule is CN(CC(=O)OC(C)(C)C)c1ccc(N=C=S)cc1. The van der Waals surface area contributed by atoms with E-state index in [1.807, 2.05) is 57.0 Å². The third-order valence-electron chi connectivity index (χ3n) is 2.25. The third kappa shape index (κ3) is 5.64. The molecule has 0 N–H and O–H groups in total. The first-order valence-electron chi connectivity index (χ1n) is 5.93. The van der Waals surface area contributed by atoms with Crippen molar-refractivity contribution in [1.82, 2.24) is 0 Å². The van der Waals surface area contributed by atoms with Gasteiger partial charge in [-0.15, -0.1) is 0 Å². The highest BCUT2D eigenvalue weighted by Crippen LogP contribution is 2.18. The first kappa shape index (κ1) is 15.3. The van der Waals surface area contributed by atoms with Gasteiger partial charge in [-0.2, -0.15) is 4.99 Å². The minimum atomic E-state index is -0.463. The Hall–Kier alpha value is -1.71. The standard InChI is InChI=1S/C14H18N2O2S/c1-14(2,3)18-13(17)9-16(4)12-7-5-11(6-8-12)15-10-19/h5-8H,9H2,1-4H3. The van der Waals surface area contributed by atoms with Crippen molar-refractivity contribution >= 4 is 34.7 Å². The lowest BCUT2D eigenvalue weighted by atomic mass is 10.2. The van der Waals surface area contributed by atoms with Crippen molar-refractivity contribution < 1.29 is 9.53 Å². The molecule has 1 aromatic carbocycles. The summed E-state index contributed by atoms with van der Waals surface area (Å²) in [7, 11) is 1.83. The van der Waals surface area contributed by atoms with E-state index in [-0.39, 0.29) is 12.5 Å². The molecule has 0 heterocycles. The van der Waals surface area contributed by atoms with Crippen LogP contribution in [0.1, 0.15) is 20.8 Å². The summed E-state index contributed by atoms with van der Waals surface area (Å²) in [6, 6.07) is 7.38. The topological polar surface area (TPSA) is 41.9 Å². The maximum atomic E-state index is 11.7. The molecular formula is C14H18N2O2S. The van der Waals surface area contributed by atoms with Gasteiger partial charge in [0.25, 0.3) is 0 Å². The Labute approximate surface area is 119 Å². The molecule has 0 fully saturated rings. The molecular weight excluding hydrogens is 260 g/mol. The second-order valence-electron chi connectivity index (χ2n) is 5.16. The number of likely N-dealkylation sites (N-methyl/N-ethyl adjacent to an activating group) is 1. The van der Waals surface area contributed by atoms with Gasteiger partial charge in [0.2, 0.25) is 0 Å². The molecule has 1 rings (SSSR count). The van der Waals surface area contributed by atoms with Crippen LogP contribution in [0.3, 0.4) is 0 Å². The number of hydrogen-bond donors (Lipinski definition) is 0. The Balaban J connectivity index is 2.65. The van der Waals surface area contributed by atoms with Crippen molar-refractivity contribution in [3.05, 3.63) is 24.3 Å². The van der Waals surface area contributed by atoms with E-state index in [0.29, 0.717) is 0 Å². The molecule has 19 heavy (non-hydrogen) atoms. The van der Waals surface area contributed by atoms with E-state index >= 15 is 0 Å². The molecule has 5 heteroatoms. The van der Waals surface area contributed by atoms with Crippen molar-refractivity contribution in [2.24, 2.45) is 4.99 Å². The molecule has 0 atom stereocenters. The molecule has 0 saturated heterocycles. The number of thiocarbonyl (C=S) groups is 1. The van der Waals surface area contributed by atoms with Crippen LogP contribution in [0.5, 0.6) is 0 Å². The molecule has 0 spiro atoms. The summed E-state index contributed by atoms with van der Waals surface area (Å²) < 4.78 is 5.27. The predicted molar refractivity (Wildman–Crippen MR) is 80.2 cm³/mol. The van der Waals surface area contributed by atoms with Gasteiger partial charge in [-0.25, -0.2) is 0 Å². The molecule has 0 radical (unpaired) electrons. The quantitative estimate of drug-likeness (QED) is 0.482. The molecule has 0 bridgehead atoms. The third-order valence-corrected chi connectivity index (χ3v) is 2.34. The van der Waals surface area contributed by atoms with Gasteiger partial charge < -0.3 is 9.64 Å². The number of anilines is 1. The van der Waals surface area contributed by atoms with Crippen LogP contribution in [-0.4, -0.2) is 30.3 Å². The second kappa shape index (κ2) is 6.45. The van der Waals surface area contributed by atoms with Crippen molar-refractivity contribution in [3.8, 4) is 0 Å². The van der Waals surface area contributed by atoms with Crippen molar-refractivity contribution in [2.45, 2.75) is 26.4 Å². The van der Waals surface area contributed by atoms with Crippen LogP contribution >= 0.6 is 12.2 Å². The molecule has 0 aliphatic carbocycles. The Morgan fingerprint density at radius 3 is 2.42 bits per heavy atom. The zero-order chi connectivity index (χ0) is 14.5. The van der Waals surface area contributed by atoms with Crippen LogP contribution in [0.25, 0.3) is 0 Å². The Kier molecular flexibility index (Phi) is 5.21. The molecule has 1 aromatic rings. The van der Waals surface area contributed by atoms with E-state index in [9.17, 15) is 4.79 Å². The number of hydrogen-bond acceptors (Lipinski definition) is 5. The lowest BCUT2D eigenvalue weighted by molar-refractivity contribution is -0.152. The minimum Gasteiger partial charge on any atom is -0.459 e. The summed E-state index contributed by atoms with van der Waals surface area (Å²) in [6.07, 6.45) is 0. The zero-order valence-corrected chi connectivity index (χ0v) is 12.5. The second-order valence-corrected chi connectivity index (χ2v) is 5.34. The fourth-order valence-electron chi connectivity index (χ4n) is 1.49. The van der Waals surface area contributed by atoms with E-state index in [2.05, 4.69) is 22.4 Å². The number of aliphatic imine (C=N–C) groups is 1. The van der Waals surface area contributed by atoms with Gasteiger partial charge in [-0.1, -0.05) is 0 Å². The number of rotatable bonds is 4. The van der Waals surface area contributed by atoms with Crippen LogP contribution in [0, 0.1) is 0 Å². The Morgan fingerprint density at radius 1 is 1.37 bits per heavy atom. The molecule has 0 unspecified atom stereocenters. The van der Waals surface area contributed by atoms with Gasteiger partial charge >= 0.3 is 5.97 Å². The summed E-state index contributed by atoms with van der Waals surface area (Å²) in [5.41, 5.74) is 1.19.